The van der Waals surface area contributed by atoms with Crippen molar-refractivity contribution in [2.24, 2.45) is 0 Å². The molecular formula is C10H11N3O4. The van der Waals surface area contributed by atoms with E-state index < -0.39 is 17.1 Å². The molecule has 1 amide bonds. The highest BCUT2D eigenvalue weighted by atomic mass is 16.5. The first-order chi connectivity index (χ1) is 7.95. The van der Waals surface area contributed by atoms with E-state index in [9.17, 15) is 9.59 Å². The van der Waals surface area contributed by atoms with Crippen molar-refractivity contribution >= 4 is 12.1 Å². The second kappa shape index (κ2) is 3.70. The lowest BCUT2D eigenvalue weighted by molar-refractivity contribution is 0.0380. The van der Waals surface area contributed by atoms with Gasteiger partial charge in [0, 0.05) is 12.3 Å². The molecule has 0 saturated carbocycles. The fourth-order valence-electron chi connectivity index (χ4n) is 1.55. The van der Waals surface area contributed by atoms with E-state index in [0.717, 1.165) is 6.07 Å². The van der Waals surface area contributed by atoms with Crippen LogP contribution < -0.4 is 11.0 Å². The largest absolute Gasteiger partial charge is 0.486 e. The van der Waals surface area contributed by atoms with Crippen LogP contribution >= 0.6 is 0 Å². The number of aromatic nitrogens is 2. The van der Waals surface area contributed by atoms with Gasteiger partial charge in [-0.1, -0.05) is 0 Å². The van der Waals surface area contributed by atoms with Crippen molar-refractivity contribution in [1.82, 2.24) is 15.0 Å². The molecule has 0 aliphatic carbocycles. The van der Waals surface area contributed by atoms with Crippen LogP contribution in [0.4, 0.5) is 0 Å². The summed E-state index contributed by atoms with van der Waals surface area (Å²) in [5.41, 5.74) is 0.0422. The van der Waals surface area contributed by atoms with Crippen molar-refractivity contribution < 1.29 is 14.7 Å². The number of rotatable bonds is 1. The summed E-state index contributed by atoms with van der Waals surface area (Å²) >= 11 is 0. The summed E-state index contributed by atoms with van der Waals surface area (Å²) < 4.78 is 6.61. The number of fused-ring (bicyclic) bond motifs is 1. The molecule has 2 heterocycles. The maximum absolute atomic E-state index is 11.7. The van der Waals surface area contributed by atoms with Gasteiger partial charge in [-0.2, -0.15) is 0 Å². The lowest BCUT2D eigenvalue weighted by Gasteiger charge is -2.28. The molecule has 0 bridgehead atoms. The Morgan fingerprint density at radius 3 is 2.94 bits per heavy atom. The van der Waals surface area contributed by atoms with E-state index in [2.05, 4.69) is 4.98 Å². The SMILES string of the molecule is CC1(C)OC=Cn2c1nc(C(=O)NO)cc2=O. The molecule has 0 saturated heterocycles. The van der Waals surface area contributed by atoms with Crippen LogP contribution in [0.1, 0.15) is 30.2 Å². The molecule has 0 radical (unpaired) electrons. The summed E-state index contributed by atoms with van der Waals surface area (Å²) in [5.74, 6) is -0.540. The minimum absolute atomic E-state index is 0.157. The van der Waals surface area contributed by atoms with Gasteiger partial charge in [-0.3, -0.25) is 19.4 Å². The summed E-state index contributed by atoms with van der Waals surface area (Å²) in [4.78, 5) is 27.0. The average molecular weight is 237 g/mol. The van der Waals surface area contributed by atoms with E-state index in [1.54, 1.807) is 13.8 Å². The molecule has 7 nitrogen and oxygen atoms in total. The van der Waals surface area contributed by atoms with Crippen molar-refractivity contribution in [3.63, 3.8) is 0 Å². The van der Waals surface area contributed by atoms with Gasteiger partial charge in [0.2, 0.25) is 0 Å². The van der Waals surface area contributed by atoms with Gasteiger partial charge >= 0.3 is 0 Å². The number of nitrogens with zero attached hydrogens (tertiary/aromatic N) is 2. The summed E-state index contributed by atoms with van der Waals surface area (Å²) in [6.07, 6.45) is 2.82. The van der Waals surface area contributed by atoms with Crippen LogP contribution in [0.25, 0.3) is 6.20 Å². The Labute approximate surface area is 96.3 Å². The number of hydroxylamine groups is 1. The first kappa shape index (κ1) is 11.3. The third-order valence-corrected chi connectivity index (χ3v) is 2.40. The van der Waals surface area contributed by atoms with Crippen molar-refractivity contribution in [3.05, 3.63) is 34.2 Å². The van der Waals surface area contributed by atoms with E-state index in [1.165, 1.54) is 22.5 Å². The molecule has 0 spiro atoms. The molecule has 1 aliphatic heterocycles. The van der Waals surface area contributed by atoms with Crippen molar-refractivity contribution in [2.45, 2.75) is 19.4 Å². The number of hydrogen-bond acceptors (Lipinski definition) is 5. The zero-order valence-corrected chi connectivity index (χ0v) is 9.30. The highest BCUT2D eigenvalue weighted by Gasteiger charge is 2.30. The fraction of sp³-hybridized carbons (Fsp3) is 0.300. The van der Waals surface area contributed by atoms with Crippen molar-refractivity contribution in [3.8, 4) is 0 Å². The molecule has 90 valence electrons. The molecule has 1 aromatic heterocycles. The Balaban J connectivity index is 2.67. The lowest BCUT2D eigenvalue weighted by Crippen LogP contribution is -2.36. The molecule has 0 aromatic carbocycles. The first-order valence-corrected chi connectivity index (χ1v) is 4.88. The molecule has 1 aliphatic rings. The first-order valence-electron chi connectivity index (χ1n) is 4.88. The fourth-order valence-corrected chi connectivity index (χ4v) is 1.55. The molecule has 17 heavy (non-hydrogen) atoms. The topological polar surface area (TPSA) is 93.5 Å². The van der Waals surface area contributed by atoms with Gasteiger partial charge in [0.05, 0.1) is 0 Å². The number of hydrogen-bond donors (Lipinski definition) is 2. The van der Waals surface area contributed by atoms with Crippen LogP contribution in [0.15, 0.2) is 17.1 Å². The Bertz CT molecular complexity index is 559. The Morgan fingerprint density at radius 2 is 2.29 bits per heavy atom. The molecule has 0 fully saturated rings. The third kappa shape index (κ3) is 1.80. The van der Waals surface area contributed by atoms with Crippen LogP contribution in [0.2, 0.25) is 0 Å². The monoisotopic (exact) mass is 237 g/mol. The predicted octanol–water partition coefficient (Wildman–Crippen LogP) is 0.0558. The highest BCUT2D eigenvalue weighted by molar-refractivity contribution is 5.91. The van der Waals surface area contributed by atoms with E-state index in [4.69, 9.17) is 9.94 Å². The van der Waals surface area contributed by atoms with Crippen molar-refractivity contribution in [1.29, 1.82) is 0 Å². The molecule has 0 unspecified atom stereocenters. The number of ether oxygens (including phenoxy) is 1. The average Bonchev–Trinajstić information content (AvgIpc) is 2.28. The van der Waals surface area contributed by atoms with Crippen LogP contribution in [0.3, 0.4) is 0 Å². The molecule has 2 rings (SSSR count). The van der Waals surface area contributed by atoms with Gasteiger partial charge in [0.1, 0.15) is 12.0 Å². The van der Waals surface area contributed by atoms with Gasteiger partial charge in [0.25, 0.3) is 11.5 Å². The standard InChI is InChI=1S/C10H11N3O4/c1-10(2)9-11-6(8(15)12-16)5-7(14)13(9)3-4-17-10/h3-5,16H,1-2H3,(H,12,15). The summed E-state index contributed by atoms with van der Waals surface area (Å²) in [6.45, 7) is 3.44. The minimum Gasteiger partial charge on any atom is -0.486 e. The quantitative estimate of drug-likeness (QED) is 0.532. The zero-order valence-electron chi connectivity index (χ0n) is 9.30. The Kier molecular flexibility index (Phi) is 2.47. The van der Waals surface area contributed by atoms with E-state index in [0.29, 0.717) is 5.82 Å². The summed E-state index contributed by atoms with van der Waals surface area (Å²) in [5, 5.41) is 8.52. The van der Waals surface area contributed by atoms with Gasteiger partial charge in [-0.05, 0) is 13.8 Å². The third-order valence-electron chi connectivity index (χ3n) is 2.40. The molecular weight excluding hydrogens is 226 g/mol. The van der Waals surface area contributed by atoms with Gasteiger partial charge in [-0.25, -0.2) is 10.5 Å². The molecule has 7 heteroatoms. The maximum Gasteiger partial charge on any atom is 0.293 e. The number of carbonyl (C=O) groups is 1. The molecule has 2 N–H and O–H groups in total. The number of nitrogens with one attached hydrogen (secondary N) is 1. The van der Waals surface area contributed by atoms with E-state index in [1.807, 2.05) is 0 Å². The zero-order chi connectivity index (χ0) is 12.6. The van der Waals surface area contributed by atoms with E-state index in [-0.39, 0.29) is 5.69 Å². The Hall–Kier alpha value is -2.15. The second-order valence-corrected chi connectivity index (χ2v) is 4.03. The Morgan fingerprint density at radius 1 is 1.59 bits per heavy atom. The lowest BCUT2D eigenvalue weighted by atomic mass is 10.1. The van der Waals surface area contributed by atoms with Crippen LogP contribution in [-0.4, -0.2) is 20.7 Å². The minimum atomic E-state index is -0.837. The molecule has 1 aromatic rings. The smallest absolute Gasteiger partial charge is 0.293 e. The number of amides is 1. The summed E-state index contributed by atoms with van der Waals surface area (Å²) in [6, 6.07) is 1.04. The normalized spacial score (nSPS) is 15.9. The van der Waals surface area contributed by atoms with Gasteiger partial charge in [0.15, 0.2) is 11.4 Å². The molecule has 0 atom stereocenters. The van der Waals surface area contributed by atoms with E-state index >= 15 is 0 Å². The maximum atomic E-state index is 11.7. The van der Waals surface area contributed by atoms with Crippen LogP contribution in [-0.2, 0) is 10.3 Å². The predicted molar refractivity (Wildman–Crippen MR) is 57.2 cm³/mol. The number of carbonyl (C=O) groups excluding carboxylic acids is 1. The van der Waals surface area contributed by atoms with Gasteiger partial charge < -0.3 is 4.74 Å². The second-order valence-electron chi connectivity index (χ2n) is 4.03. The highest BCUT2D eigenvalue weighted by Crippen LogP contribution is 2.25. The van der Waals surface area contributed by atoms with Crippen LogP contribution in [0.5, 0.6) is 0 Å². The van der Waals surface area contributed by atoms with Crippen LogP contribution in [0, 0.1) is 0 Å². The summed E-state index contributed by atoms with van der Waals surface area (Å²) in [7, 11) is 0. The van der Waals surface area contributed by atoms with Crippen molar-refractivity contribution in [2.75, 3.05) is 0 Å². The van der Waals surface area contributed by atoms with Gasteiger partial charge in [-0.15, -0.1) is 0 Å².